The molecule has 45 heavy (non-hydrogen) atoms. The number of hydrogen-bond donors (Lipinski definition) is 0. The van der Waals surface area contributed by atoms with E-state index in [4.69, 9.17) is 14.2 Å². The van der Waals surface area contributed by atoms with Gasteiger partial charge in [-0.1, -0.05) is 60.7 Å². The SMILES string of the molecule is COC(=O)/C=C1/CC[C@@](CO[C@H](C)c2cc(C(F)(F)F)cc(C(F)(F)F)c2)(c2ccccc2)N(C(=O)OCc2ccccc2)C1. The van der Waals surface area contributed by atoms with Gasteiger partial charge < -0.3 is 14.2 Å². The molecule has 2 atom stereocenters. The Kier molecular flexibility index (Phi) is 10.3. The number of benzene rings is 3. The van der Waals surface area contributed by atoms with Crippen LogP contribution < -0.4 is 0 Å². The van der Waals surface area contributed by atoms with E-state index in [0.717, 1.165) is 0 Å². The van der Waals surface area contributed by atoms with Crippen molar-refractivity contribution in [1.29, 1.82) is 0 Å². The molecule has 0 aromatic heterocycles. The monoisotopic (exact) mass is 635 g/mol. The van der Waals surface area contributed by atoms with Crippen LogP contribution in [-0.2, 0) is 43.5 Å². The van der Waals surface area contributed by atoms with E-state index in [2.05, 4.69) is 0 Å². The molecule has 1 aliphatic rings. The molecule has 1 saturated heterocycles. The summed E-state index contributed by atoms with van der Waals surface area (Å²) < 4.78 is 97.7. The molecule has 1 amide bonds. The molecule has 12 heteroatoms. The van der Waals surface area contributed by atoms with Gasteiger partial charge in [-0.05, 0) is 60.2 Å². The second-order valence-corrected chi connectivity index (χ2v) is 10.6. The highest BCUT2D eigenvalue weighted by Crippen LogP contribution is 2.42. The van der Waals surface area contributed by atoms with Crippen LogP contribution in [0.15, 0.2) is 90.5 Å². The Bertz CT molecular complexity index is 1480. The fraction of sp³-hybridized carbons (Fsp3) is 0.333. The van der Waals surface area contributed by atoms with E-state index < -0.39 is 47.2 Å². The van der Waals surface area contributed by atoms with Crippen LogP contribution in [0.3, 0.4) is 0 Å². The van der Waals surface area contributed by atoms with Gasteiger partial charge in [-0.25, -0.2) is 9.59 Å². The largest absolute Gasteiger partial charge is 0.466 e. The number of amides is 1. The zero-order valence-electron chi connectivity index (χ0n) is 24.5. The first-order chi connectivity index (χ1) is 21.2. The molecule has 0 aliphatic carbocycles. The lowest BCUT2D eigenvalue weighted by Gasteiger charge is -2.47. The summed E-state index contributed by atoms with van der Waals surface area (Å²) >= 11 is 0. The number of alkyl halides is 6. The van der Waals surface area contributed by atoms with Crippen molar-refractivity contribution in [3.8, 4) is 0 Å². The van der Waals surface area contributed by atoms with Crippen molar-refractivity contribution in [1.82, 2.24) is 4.90 Å². The fourth-order valence-corrected chi connectivity index (χ4v) is 5.17. The number of rotatable bonds is 8. The van der Waals surface area contributed by atoms with Gasteiger partial charge in [0.1, 0.15) is 6.61 Å². The predicted octanol–water partition coefficient (Wildman–Crippen LogP) is 8.23. The summed E-state index contributed by atoms with van der Waals surface area (Å²) in [5, 5.41) is 0. The number of piperidine rings is 1. The Hall–Kier alpha value is -4.32. The number of methoxy groups -OCH3 is 1. The molecular formula is C33H31F6NO5. The molecule has 1 fully saturated rings. The van der Waals surface area contributed by atoms with E-state index in [1.54, 1.807) is 60.7 Å². The third-order valence-corrected chi connectivity index (χ3v) is 7.65. The average Bonchev–Trinajstić information content (AvgIpc) is 3.02. The third kappa shape index (κ3) is 8.24. The van der Waals surface area contributed by atoms with E-state index in [0.29, 0.717) is 35.3 Å². The van der Waals surface area contributed by atoms with Crippen molar-refractivity contribution in [2.24, 2.45) is 0 Å². The van der Waals surface area contributed by atoms with Gasteiger partial charge in [-0.3, -0.25) is 4.90 Å². The van der Waals surface area contributed by atoms with Crippen molar-refractivity contribution in [3.05, 3.63) is 118 Å². The molecule has 1 heterocycles. The molecule has 6 nitrogen and oxygen atoms in total. The maximum Gasteiger partial charge on any atom is 0.416 e. The first kappa shape index (κ1) is 33.6. The lowest BCUT2D eigenvalue weighted by Crippen LogP contribution is -2.56. The van der Waals surface area contributed by atoms with Gasteiger partial charge in [0.15, 0.2) is 0 Å². The molecular weight excluding hydrogens is 604 g/mol. The van der Waals surface area contributed by atoms with Gasteiger partial charge in [0.2, 0.25) is 0 Å². The highest BCUT2D eigenvalue weighted by molar-refractivity contribution is 5.83. The summed E-state index contributed by atoms with van der Waals surface area (Å²) in [5.74, 6) is -0.621. The minimum atomic E-state index is -5.02. The average molecular weight is 636 g/mol. The predicted molar refractivity (Wildman–Crippen MR) is 152 cm³/mol. The van der Waals surface area contributed by atoms with Crippen molar-refractivity contribution < 1.29 is 50.1 Å². The van der Waals surface area contributed by atoms with Gasteiger partial charge in [-0.2, -0.15) is 26.3 Å². The van der Waals surface area contributed by atoms with Gasteiger partial charge in [-0.15, -0.1) is 0 Å². The van der Waals surface area contributed by atoms with Crippen molar-refractivity contribution in [2.45, 2.75) is 50.4 Å². The third-order valence-electron chi connectivity index (χ3n) is 7.65. The minimum absolute atomic E-state index is 0.0580. The highest BCUT2D eigenvalue weighted by Gasteiger charge is 2.46. The Morgan fingerprint density at radius 2 is 1.49 bits per heavy atom. The Balaban J connectivity index is 1.71. The summed E-state index contributed by atoms with van der Waals surface area (Å²) in [7, 11) is 1.22. The van der Waals surface area contributed by atoms with E-state index in [9.17, 15) is 35.9 Å². The van der Waals surface area contributed by atoms with Gasteiger partial charge in [0.25, 0.3) is 0 Å². The zero-order chi connectivity index (χ0) is 32.8. The van der Waals surface area contributed by atoms with Crippen molar-refractivity contribution in [2.75, 3.05) is 20.3 Å². The molecule has 0 unspecified atom stereocenters. The number of esters is 1. The normalized spacial score (nSPS) is 18.8. The molecule has 1 aliphatic heterocycles. The van der Waals surface area contributed by atoms with Crippen molar-refractivity contribution in [3.63, 3.8) is 0 Å². The lowest BCUT2D eigenvalue weighted by atomic mass is 9.79. The Morgan fingerprint density at radius 3 is 2.04 bits per heavy atom. The maximum atomic E-state index is 13.7. The topological polar surface area (TPSA) is 65.1 Å². The number of halogens is 6. The lowest BCUT2D eigenvalue weighted by molar-refractivity contribution is -0.143. The molecule has 0 bridgehead atoms. The van der Waals surface area contributed by atoms with Crippen LogP contribution >= 0.6 is 0 Å². The van der Waals surface area contributed by atoms with E-state index in [-0.39, 0.29) is 37.8 Å². The van der Waals surface area contributed by atoms with Gasteiger partial charge in [0, 0.05) is 12.6 Å². The second-order valence-electron chi connectivity index (χ2n) is 10.6. The molecule has 0 N–H and O–H groups in total. The molecule has 0 saturated carbocycles. The first-order valence-corrected chi connectivity index (χ1v) is 13.9. The smallest absolute Gasteiger partial charge is 0.416 e. The van der Waals surface area contributed by atoms with E-state index in [1.807, 2.05) is 0 Å². The minimum Gasteiger partial charge on any atom is -0.466 e. The maximum absolute atomic E-state index is 13.7. The summed E-state index contributed by atoms with van der Waals surface area (Å²) in [4.78, 5) is 27.2. The Morgan fingerprint density at radius 1 is 0.911 bits per heavy atom. The van der Waals surface area contributed by atoms with Crippen LogP contribution in [0.5, 0.6) is 0 Å². The first-order valence-electron chi connectivity index (χ1n) is 13.9. The zero-order valence-corrected chi connectivity index (χ0v) is 24.5. The quantitative estimate of drug-likeness (QED) is 0.142. The number of nitrogens with zero attached hydrogens (tertiary/aromatic N) is 1. The number of carbonyl (C=O) groups excluding carboxylic acids is 2. The fourth-order valence-electron chi connectivity index (χ4n) is 5.17. The molecule has 3 aromatic rings. The summed E-state index contributed by atoms with van der Waals surface area (Å²) in [5.41, 5.74) is -2.62. The number of likely N-dealkylation sites (tertiary alicyclic amines) is 1. The van der Waals surface area contributed by atoms with Crippen molar-refractivity contribution >= 4 is 12.1 Å². The highest BCUT2D eigenvalue weighted by atomic mass is 19.4. The van der Waals surface area contributed by atoms with Crippen LogP contribution in [0.25, 0.3) is 0 Å². The Labute approximate surface area is 256 Å². The van der Waals surface area contributed by atoms with Crippen LogP contribution in [-0.4, -0.2) is 37.2 Å². The molecule has 240 valence electrons. The van der Waals surface area contributed by atoms with E-state index in [1.165, 1.54) is 25.0 Å². The van der Waals surface area contributed by atoms with Gasteiger partial charge >= 0.3 is 24.4 Å². The molecule has 0 radical (unpaired) electrons. The van der Waals surface area contributed by atoms with Gasteiger partial charge in [0.05, 0.1) is 36.5 Å². The van der Waals surface area contributed by atoms with E-state index >= 15 is 0 Å². The summed E-state index contributed by atoms with van der Waals surface area (Å²) in [6.07, 6.45) is -10.2. The number of ether oxygens (including phenoxy) is 3. The van der Waals surface area contributed by atoms with Crippen LogP contribution in [0, 0.1) is 0 Å². The van der Waals surface area contributed by atoms with Crippen LogP contribution in [0.4, 0.5) is 31.1 Å². The summed E-state index contributed by atoms with van der Waals surface area (Å²) in [6, 6.07) is 18.9. The number of hydrogen-bond acceptors (Lipinski definition) is 5. The molecule has 0 spiro atoms. The summed E-state index contributed by atoms with van der Waals surface area (Å²) in [6.45, 7) is 0.898. The van der Waals surface area contributed by atoms with Crippen LogP contribution in [0.1, 0.15) is 53.7 Å². The van der Waals surface area contributed by atoms with Crippen LogP contribution in [0.2, 0.25) is 0 Å². The molecule has 4 rings (SSSR count). The standard InChI is InChI=1S/C33H31F6NO5/c1-22(25-16-27(32(34,35)36)18-28(17-25)33(37,38)39)45-21-31(26-11-7-4-8-12-26)14-13-24(15-29(41)43-2)19-40(31)30(42)44-20-23-9-5-3-6-10-23/h3-12,15-18,22H,13-14,19-21H2,1-2H3/b24-15-/t22-,31-/m1/s1. The molecule has 3 aromatic carbocycles. The number of carbonyl (C=O) groups is 2. The second kappa shape index (κ2) is 13.8.